The van der Waals surface area contributed by atoms with Crippen LogP contribution in [0, 0.1) is 0 Å². The van der Waals surface area contributed by atoms with Crippen molar-refractivity contribution in [1.29, 1.82) is 0 Å². The summed E-state index contributed by atoms with van der Waals surface area (Å²) in [6.45, 7) is 4.00. The van der Waals surface area contributed by atoms with E-state index in [1.807, 2.05) is 6.92 Å². The molecule has 0 aliphatic rings. The van der Waals surface area contributed by atoms with Crippen molar-refractivity contribution in [3.8, 4) is 0 Å². The van der Waals surface area contributed by atoms with Gasteiger partial charge in [0.25, 0.3) is 0 Å². The molecule has 2 aromatic heterocycles. The summed E-state index contributed by atoms with van der Waals surface area (Å²) in [6.07, 6.45) is 1.79. The molecule has 0 saturated carbocycles. The number of anilines is 2. The molecule has 0 bridgehead atoms. The highest BCUT2D eigenvalue weighted by molar-refractivity contribution is 7.17. The zero-order valence-corrected chi connectivity index (χ0v) is 11.2. The van der Waals surface area contributed by atoms with Crippen LogP contribution in [0.25, 0.3) is 0 Å². The van der Waals surface area contributed by atoms with E-state index < -0.39 is 5.97 Å². The molecule has 0 aliphatic carbocycles. The minimum absolute atomic E-state index is 0.130. The number of hydrogen-bond donors (Lipinski definition) is 2. The molecule has 100 valence electrons. The zero-order chi connectivity index (χ0) is 14.0. The number of carbonyl (C=O) groups is 2. The standard InChI is InChI=1S/C11H12N4O3S/c1-3-15-5-4-7(14-15)12-11-13-8(10(17)18)9(19-11)6(2)16/h4-5H,3H2,1-2H3,(H,17,18)(H,12,13,14). The van der Waals surface area contributed by atoms with Gasteiger partial charge in [0, 0.05) is 25.7 Å². The van der Waals surface area contributed by atoms with Crippen molar-refractivity contribution in [3.05, 3.63) is 22.8 Å². The van der Waals surface area contributed by atoms with E-state index in [4.69, 9.17) is 5.11 Å². The van der Waals surface area contributed by atoms with Crippen LogP contribution in [-0.4, -0.2) is 31.6 Å². The molecule has 2 rings (SSSR count). The molecule has 2 N–H and O–H groups in total. The average Bonchev–Trinajstić information content (AvgIpc) is 2.96. The number of thiazole rings is 1. The monoisotopic (exact) mass is 280 g/mol. The number of carboxylic acids is 1. The van der Waals surface area contributed by atoms with Crippen LogP contribution in [0.3, 0.4) is 0 Å². The fourth-order valence-electron chi connectivity index (χ4n) is 1.47. The maximum absolute atomic E-state index is 11.3. The van der Waals surface area contributed by atoms with Gasteiger partial charge in [-0.05, 0) is 6.92 Å². The fourth-order valence-corrected chi connectivity index (χ4v) is 2.33. The van der Waals surface area contributed by atoms with Gasteiger partial charge in [0.05, 0.1) is 0 Å². The van der Waals surface area contributed by atoms with Gasteiger partial charge in [-0.3, -0.25) is 9.48 Å². The van der Waals surface area contributed by atoms with Crippen molar-refractivity contribution < 1.29 is 14.7 Å². The predicted molar refractivity (Wildman–Crippen MR) is 70.3 cm³/mol. The van der Waals surface area contributed by atoms with Gasteiger partial charge in [0.15, 0.2) is 22.4 Å². The Bertz CT molecular complexity index is 600. The molecule has 0 amide bonds. The van der Waals surface area contributed by atoms with E-state index >= 15 is 0 Å². The topological polar surface area (TPSA) is 97.1 Å². The average molecular weight is 280 g/mol. The number of carboxylic acid groups (broad SMARTS) is 1. The first-order valence-corrected chi connectivity index (χ1v) is 6.38. The predicted octanol–water partition coefficient (Wildman–Crippen LogP) is 2.00. The number of rotatable bonds is 5. The lowest BCUT2D eigenvalue weighted by molar-refractivity contribution is 0.0687. The third kappa shape index (κ3) is 2.79. The van der Waals surface area contributed by atoms with Gasteiger partial charge in [-0.1, -0.05) is 11.3 Å². The largest absolute Gasteiger partial charge is 0.476 e. The second kappa shape index (κ2) is 5.19. The highest BCUT2D eigenvalue weighted by atomic mass is 32.1. The molecule has 0 atom stereocenters. The summed E-state index contributed by atoms with van der Waals surface area (Å²) in [5, 5.41) is 16.4. The molecule has 8 heteroatoms. The van der Waals surface area contributed by atoms with Crippen molar-refractivity contribution >= 4 is 34.0 Å². The van der Waals surface area contributed by atoms with E-state index in [0.29, 0.717) is 10.9 Å². The molecule has 2 heterocycles. The highest BCUT2D eigenvalue weighted by Gasteiger charge is 2.20. The van der Waals surface area contributed by atoms with Gasteiger partial charge in [0.2, 0.25) is 0 Å². The summed E-state index contributed by atoms with van der Waals surface area (Å²) < 4.78 is 1.72. The van der Waals surface area contributed by atoms with Gasteiger partial charge in [-0.2, -0.15) is 5.10 Å². The summed E-state index contributed by atoms with van der Waals surface area (Å²) >= 11 is 1.01. The van der Waals surface area contributed by atoms with E-state index in [1.165, 1.54) is 6.92 Å². The Balaban J connectivity index is 2.28. The van der Waals surface area contributed by atoms with Gasteiger partial charge in [-0.25, -0.2) is 9.78 Å². The Morgan fingerprint density at radius 1 is 1.53 bits per heavy atom. The zero-order valence-electron chi connectivity index (χ0n) is 10.4. The first kappa shape index (κ1) is 13.2. The maximum Gasteiger partial charge on any atom is 0.356 e. The minimum Gasteiger partial charge on any atom is -0.476 e. The highest BCUT2D eigenvalue weighted by Crippen LogP contribution is 2.26. The van der Waals surface area contributed by atoms with Crippen LogP contribution in [0.4, 0.5) is 10.9 Å². The quantitative estimate of drug-likeness (QED) is 0.813. The van der Waals surface area contributed by atoms with Gasteiger partial charge >= 0.3 is 5.97 Å². The van der Waals surface area contributed by atoms with Crippen molar-refractivity contribution in [1.82, 2.24) is 14.8 Å². The Hall–Kier alpha value is -2.22. The van der Waals surface area contributed by atoms with Crippen LogP contribution in [-0.2, 0) is 6.54 Å². The third-order valence-electron chi connectivity index (χ3n) is 2.35. The van der Waals surface area contributed by atoms with Gasteiger partial charge < -0.3 is 10.4 Å². The normalized spacial score (nSPS) is 10.4. The number of aromatic nitrogens is 3. The number of ketones is 1. The maximum atomic E-state index is 11.3. The van der Waals surface area contributed by atoms with Gasteiger partial charge in [0.1, 0.15) is 4.88 Å². The molecular formula is C11H12N4O3S. The molecule has 0 fully saturated rings. The Morgan fingerprint density at radius 2 is 2.26 bits per heavy atom. The Kier molecular flexibility index (Phi) is 3.61. The van der Waals surface area contributed by atoms with E-state index in [-0.39, 0.29) is 16.4 Å². The molecule has 0 saturated heterocycles. The molecule has 2 aromatic rings. The summed E-state index contributed by atoms with van der Waals surface area (Å²) in [5.74, 6) is -0.974. The molecule has 7 nitrogen and oxygen atoms in total. The minimum atomic E-state index is -1.21. The van der Waals surface area contributed by atoms with Crippen molar-refractivity contribution in [2.24, 2.45) is 0 Å². The molecule has 0 spiro atoms. The molecule has 19 heavy (non-hydrogen) atoms. The second-order valence-electron chi connectivity index (χ2n) is 3.74. The second-order valence-corrected chi connectivity index (χ2v) is 4.74. The number of nitrogens with one attached hydrogen (secondary N) is 1. The summed E-state index contributed by atoms with van der Waals surface area (Å²) in [7, 11) is 0. The lowest BCUT2D eigenvalue weighted by atomic mass is 10.3. The number of aromatic carboxylic acids is 1. The van der Waals surface area contributed by atoms with E-state index in [1.54, 1.807) is 16.9 Å². The number of carbonyl (C=O) groups excluding carboxylic acids is 1. The van der Waals surface area contributed by atoms with Crippen LogP contribution >= 0.6 is 11.3 Å². The van der Waals surface area contributed by atoms with Crippen LogP contribution in [0.1, 0.15) is 34.0 Å². The van der Waals surface area contributed by atoms with Crippen LogP contribution in [0.2, 0.25) is 0 Å². The van der Waals surface area contributed by atoms with Gasteiger partial charge in [-0.15, -0.1) is 0 Å². The van der Waals surface area contributed by atoms with E-state index in [0.717, 1.165) is 17.9 Å². The van der Waals surface area contributed by atoms with Crippen LogP contribution < -0.4 is 5.32 Å². The van der Waals surface area contributed by atoms with Crippen molar-refractivity contribution in [3.63, 3.8) is 0 Å². The van der Waals surface area contributed by atoms with Crippen LogP contribution in [0.15, 0.2) is 12.3 Å². The molecular weight excluding hydrogens is 268 g/mol. The smallest absolute Gasteiger partial charge is 0.356 e. The van der Waals surface area contributed by atoms with E-state index in [9.17, 15) is 9.59 Å². The first-order chi connectivity index (χ1) is 9.01. The third-order valence-corrected chi connectivity index (χ3v) is 3.42. The summed E-state index contributed by atoms with van der Waals surface area (Å²) in [6, 6.07) is 1.75. The van der Waals surface area contributed by atoms with E-state index in [2.05, 4.69) is 15.4 Å². The number of Topliss-reactive ketones (excluding diaryl/α,β-unsaturated/α-hetero) is 1. The Morgan fingerprint density at radius 3 is 2.74 bits per heavy atom. The molecule has 0 unspecified atom stereocenters. The van der Waals surface area contributed by atoms with Crippen molar-refractivity contribution in [2.45, 2.75) is 20.4 Å². The van der Waals surface area contributed by atoms with Crippen LogP contribution in [0.5, 0.6) is 0 Å². The SMILES string of the molecule is CCn1ccc(Nc2nc(C(=O)O)c(C(C)=O)s2)n1. The molecule has 0 radical (unpaired) electrons. The number of hydrogen-bond acceptors (Lipinski definition) is 6. The molecule has 0 aromatic carbocycles. The Labute approximate surface area is 112 Å². The number of aryl methyl sites for hydroxylation is 1. The summed E-state index contributed by atoms with van der Waals surface area (Å²) in [5.41, 5.74) is -0.227. The first-order valence-electron chi connectivity index (χ1n) is 5.56. The molecule has 0 aliphatic heterocycles. The lowest BCUT2D eigenvalue weighted by Crippen LogP contribution is -2.03. The number of nitrogens with zero attached hydrogens (tertiary/aromatic N) is 3. The summed E-state index contributed by atoms with van der Waals surface area (Å²) in [4.78, 5) is 26.4. The fraction of sp³-hybridized carbons (Fsp3) is 0.273. The lowest BCUT2D eigenvalue weighted by Gasteiger charge is -1.96. The van der Waals surface area contributed by atoms with Crippen molar-refractivity contribution in [2.75, 3.05) is 5.32 Å².